The Hall–Kier alpha value is -2.57. The van der Waals surface area contributed by atoms with Crippen LogP contribution < -0.4 is 15.4 Å². The number of rotatable bonds is 10. The molecule has 30 heavy (non-hydrogen) atoms. The lowest BCUT2D eigenvalue weighted by molar-refractivity contribution is 0.0978. The first-order valence-corrected chi connectivity index (χ1v) is 10.1. The number of urea groups is 1. The van der Waals surface area contributed by atoms with E-state index in [1.54, 1.807) is 13.2 Å². The van der Waals surface area contributed by atoms with Gasteiger partial charge in [0.15, 0.2) is 5.78 Å². The summed E-state index contributed by atoms with van der Waals surface area (Å²) in [4.78, 5) is 26.1. The van der Waals surface area contributed by atoms with Gasteiger partial charge in [-0.3, -0.25) is 4.79 Å². The van der Waals surface area contributed by atoms with E-state index in [1.165, 1.54) is 5.56 Å². The number of nitrogens with zero attached hydrogens (tertiary/aromatic N) is 1. The molecule has 0 bridgehead atoms. The maximum Gasteiger partial charge on any atom is 0.319 e. The lowest BCUT2D eigenvalue weighted by Gasteiger charge is -2.19. The normalized spacial score (nSPS) is 12.4. The van der Waals surface area contributed by atoms with E-state index < -0.39 is 0 Å². The first-order valence-electron chi connectivity index (χ1n) is 10.1. The molecular weight excluding hydrogens is 402 g/mol. The Bertz CT molecular complexity index is 873. The summed E-state index contributed by atoms with van der Waals surface area (Å²) in [6.45, 7) is 2.37. The van der Waals surface area contributed by atoms with Crippen molar-refractivity contribution in [3.05, 3.63) is 59.2 Å². The third-order valence-electron chi connectivity index (χ3n) is 5.26. The molecule has 0 aliphatic carbocycles. The molecule has 1 aliphatic rings. The quantitative estimate of drug-likeness (QED) is 0.435. The van der Waals surface area contributed by atoms with E-state index in [0.29, 0.717) is 18.5 Å². The fraction of sp³-hybridized carbons (Fsp3) is 0.391. The minimum absolute atomic E-state index is 0. The molecule has 0 unspecified atom stereocenters. The summed E-state index contributed by atoms with van der Waals surface area (Å²) in [5.74, 6) is 1.09. The van der Waals surface area contributed by atoms with Gasteiger partial charge in [-0.2, -0.15) is 0 Å². The first kappa shape index (κ1) is 23.7. The summed E-state index contributed by atoms with van der Waals surface area (Å²) in [7, 11) is 3.82. The number of ether oxygens (including phenoxy) is 1. The van der Waals surface area contributed by atoms with Gasteiger partial charge < -0.3 is 20.3 Å². The van der Waals surface area contributed by atoms with Crippen LogP contribution in [0.15, 0.2) is 42.5 Å². The van der Waals surface area contributed by atoms with Crippen LogP contribution in [0, 0.1) is 0 Å². The summed E-state index contributed by atoms with van der Waals surface area (Å²) >= 11 is 0. The van der Waals surface area contributed by atoms with Crippen molar-refractivity contribution in [1.82, 2.24) is 10.2 Å². The number of hydrogen-bond acceptors (Lipinski definition) is 4. The van der Waals surface area contributed by atoms with E-state index >= 15 is 0 Å². The number of likely N-dealkylation sites (N-methyl/N-ethyl adjacent to an activating group) is 1. The molecule has 7 heteroatoms. The van der Waals surface area contributed by atoms with E-state index in [2.05, 4.69) is 28.6 Å². The van der Waals surface area contributed by atoms with Gasteiger partial charge in [-0.15, -0.1) is 12.4 Å². The number of fused-ring (bicyclic) bond motifs is 1. The highest BCUT2D eigenvalue weighted by molar-refractivity contribution is 5.98. The van der Waals surface area contributed by atoms with Gasteiger partial charge >= 0.3 is 6.03 Å². The molecular formula is C23H30ClN3O3. The second-order valence-corrected chi connectivity index (χ2v) is 7.43. The lowest BCUT2D eigenvalue weighted by atomic mass is 10.0. The molecule has 1 aliphatic heterocycles. The number of hydrogen-bond donors (Lipinski definition) is 2. The summed E-state index contributed by atoms with van der Waals surface area (Å²) < 4.78 is 5.40. The number of para-hydroxylation sites is 1. The van der Waals surface area contributed by atoms with E-state index in [1.807, 2.05) is 30.3 Å². The molecule has 2 aromatic carbocycles. The summed E-state index contributed by atoms with van der Waals surface area (Å²) in [6, 6.07) is 13.4. The fourth-order valence-corrected chi connectivity index (χ4v) is 3.52. The molecule has 0 saturated carbocycles. The minimum atomic E-state index is -0.202. The average Bonchev–Trinajstić information content (AvgIpc) is 2.74. The predicted molar refractivity (Wildman–Crippen MR) is 122 cm³/mol. The molecule has 3 rings (SSSR count). The Morgan fingerprint density at radius 1 is 1.13 bits per heavy atom. The second kappa shape index (κ2) is 11.6. The maximum atomic E-state index is 12.5. The minimum Gasteiger partial charge on any atom is -0.496 e. The van der Waals surface area contributed by atoms with Crippen molar-refractivity contribution in [3.8, 4) is 5.75 Å². The highest BCUT2D eigenvalue weighted by Gasteiger charge is 2.16. The number of unbranched alkanes of at least 4 members (excludes halogenated alkanes) is 1. The molecule has 2 amide bonds. The Morgan fingerprint density at radius 3 is 2.73 bits per heavy atom. The number of amides is 2. The molecule has 0 atom stereocenters. The van der Waals surface area contributed by atoms with E-state index in [4.69, 9.17) is 4.74 Å². The van der Waals surface area contributed by atoms with Crippen LogP contribution in [-0.4, -0.2) is 44.0 Å². The van der Waals surface area contributed by atoms with Gasteiger partial charge in [0.25, 0.3) is 0 Å². The van der Waals surface area contributed by atoms with Crippen LogP contribution in [0.5, 0.6) is 5.75 Å². The van der Waals surface area contributed by atoms with Crippen molar-refractivity contribution >= 4 is 29.9 Å². The highest BCUT2D eigenvalue weighted by Crippen LogP contribution is 2.22. The van der Waals surface area contributed by atoms with Crippen LogP contribution in [-0.2, 0) is 13.0 Å². The Balaban J connectivity index is 0.00000320. The Morgan fingerprint density at radius 2 is 1.93 bits per heavy atom. The zero-order valence-electron chi connectivity index (χ0n) is 17.6. The van der Waals surface area contributed by atoms with Crippen LogP contribution in [0.3, 0.4) is 0 Å². The lowest BCUT2D eigenvalue weighted by Crippen LogP contribution is -2.33. The molecule has 6 nitrogen and oxygen atoms in total. The number of Topliss-reactive ketones (excluding diaryl/α,β-unsaturated/α-hetero) is 1. The SMILES string of the molecule is COc1ccccc1CCN(C)CCCCC(=O)c1ccc2c(c1)CNC(=O)N2.Cl. The zero-order chi connectivity index (χ0) is 20.6. The van der Waals surface area contributed by atoms with Crippen LogP contribution in [0.1, 0.15) is 40.7 Å². The number of nitrogens with one attached hydrogen (secondary N) is 2. The van der Waals surface area contributed by atoms with Crippen molar-refractivity contribution in [2.75, 3.05) is 32.6 Å². The number of carbonyl (C=O) groups excluding carboxylic acids is 2. The summed E-state index contributed by atoms with van der Waals surface area (Å²) in [5.41, 5.74) is 3.66. The maximum absolute atomic E-state index is 12.5. The number of anilines is 1. The smallest absolute Gasteiger partial charge is 0.319 e. The number of halogens is 1. The van der Waals surface area contributed by atoms with Gasteiger partial charge in [0, 0.05) is 30.8 Å². The topological polar surface area (TPSA) is 70.7 Å². The van der Waals surface area contributed by atoms with Crippen LogP contribution in [0.2, 0.25) is 0 Å². The van der Waals surface area contributed by atoms with Crippen molar-refractivity contribution < 1.29 is 14.3 Å². The van der Waals surface area contributed by atoms with Crippen LogP contribution >= 0.6 is 12.4 Å². The molecule has 0 saturated heterocycles. The van der Waals surface area contributed by atoms with E-state index in [-0.39, 0.29) is 24.2 Å². The van der Waals surface area contributed by atoms with Crippen molar-refractivity contribution in [3.63, 3.8) is 0 Å². The van der Waals surface area contributed by atoms with Gasteiger partial charge in [0.2, 0.25) is 0 Å². The molecule has 0 radical (unpaired) electrons. The third kappa shape index (κ3) is 6.47. The monoisotopic (exact) mass is 431 g/mol. The standard InChI is InChI=1S/C23H29N3O3.ClH/c1-26(14-12-17-7-3-4-9-22(17)29-2)13-6-5-8-21(27)18-10-11-20-19(15-18)16-24-23(28)25-20;/h3-4,7,9-11,15H,5-6,8,12-14,16H2,1-2H3,(H2,24,25,28);1H. The van der Waals surface area contributed by atoms with Crippen molar-refractivity contribution in [2.45, 2.75) is 32.2 Å². The van der Waals surface area contributed by atoms with E-state index in [9.17, 15) is 9.59 Å². The largest absolute Gasteiger partial charge is 0.496 e. The summed E-state index contributed by atoms with van der Waals surface area (Å²) in [5, 5.41) is 5.47. The second-order valence-electron chi connectivity index (χ2n) is 7.43. The number of benzene rings is 2. The van der Waals surface area contributed by atoms with E-state index in [0.717, 1.165) is 49.4 Å². The molecule has 2 aromatic rings. The first-order chi connectivity index (χ1) is 14.1. The van der Waals surface area contributed by atoms with Gasteiger partial charge in [0.1, 0.15) is 5.75 Å². The molecule has 1 heterocycles. The predicted octanol–water partition coefficient (Wildman–Crippen LogP) is 4.28. The molecule has 162 valence electrons. The number of ketones is 1. The van der Waals surface area contributed by atoms with Crippen LogP contribution in [0.4, 0.5) is 10.5 Å². The van der Waals surface area contributed by atoms with Gasteiger partial charge in [-0.1, -0.05) is 18.2 Å². The fourth-order valence-electron chi connectivity index (χ4n) is 3.52. The molecule has 0 aromatic heterocycles. The number of carbonyl (C=O) groups is 2. The third-order valence-corrected chi connectivity index (χ3v) is 5.26. The molecule has 0 fully saturated rings. The number of methoxy groups -OCH3 is 1. The average molecular weight is 432 g/mol. The Kier molecular flexibility index (Phi) is 9.15. The highest BCUT2D eigenvalue weighted by atomic mass is 35.5. The zero-order valence-corrected chi connectivity index (χ0v) is 18.4. The molecule has 2 N–H and O–H groups in total. The summed E-state index contributed by atoms with van der Waals surface area (Å²) in [6.07, 6.45) is 3.33. The van der Waals surface area contributed by atoms with Gasteiger partial charge in [-0.25, -0.2) is 4.79 Å². The van der Waals surface area contributed by atoms with Gasteiger partial charge in [-0.05, 0) is 68.2 Å². The van der Waals surface area contributed by atoms with Gasteiger partial charge in [0.05, 0.1) is 7.11 Å². The molecule has 0 spiro atoms. The van der Waals surface area contributed by atoms with Crippen molar-refractivity contribution in [1.29, 1.82) is 0 Å². The van der Waals surface area contributed by atoms with Crippen molar-refractivity contribution in [2.24, 2.45) is 0 Å². The Labute approximate surface area is 184 Å². The van der Waals surface area contributed by atoms with Crippen LogP contribution in [0.25, 0.3) is 0 Å².